The number of benzene rings is 1. The molecule has 6 heteroatoms. The summed E-state index contributed by atoms with van der Waals surface area (Å²) in [4.78, 5) is 14.3. The Morgan fingerprint density at radius 2 is 2.05 bits per heavy atom. The number of rotatable bonds is 3. The van der Waals surface area contributed by atoms with Gasteiger partial charge in [-0.1, -0.05) is 18.6 Å². The van der Waals surface area contributed by atoms with Gasteiger partial charge in [0.05, 0.1) is 5.41 Å². The summed E-state index contributed by atoms with van der Waals surface area (Å²) in [6.45, 7) is 0.547. The molecule has 22 heavy (non-hydrogen) atoms. The van der Waals surface area contributed by atoms with E-state index in [4.69, 9.17) is 0 Å². The molecule has 1 aromatic rings. The Balaban J connectivity index is 2.45. The standard InChI is InChI=1S/C16H20F3NO2/c1-20-10-3-2-7-15(14(20)22,8-9-16(17,18)19)12-5-4-6-13(21)11-12/h4-6,11,21H,2-3,7-10H2,1H3/t15-/m0/s1. The first kappa shape index (κ1) is 16.6. The van der Waals surface area contributed by atoms with Crippen LogP contribution in [-0.4, -0.2) is 35.7 Å². The Kier molecular flexibility index (Phi) is 4.68. The van der Waals surface area contributed by atoms with Crippen molar-refractivity contribution in [2.24, 2.45) is 0 Å². The van der Waals surface area contributed by atoms with Crippen molar-refractivity contribution < 1.29 is 23.1 Å². The summed E-state index contributed by atoms with van der Waals surface area (Å²) in [6.07, 6.45) is -3.78. The lowest BCUT2D eigenvalue weighted by atomic mass is 9.72. The van der Waals surface area contributed by atoms with E-state index in [1.54, 1.807) is 19.2 Å². The normalized spacial score (nSPS) is 23.5. The maximum absolute atomic E-state index is 12.8. The molecule has 0 spiro atoms. The van der Waals surface area contributed by atoms with E-state index in [2.05, 4.69) is 0 Å². The molecule has 0 aromatic heterocycles. The number of carbonyl (C=O) groups excluding carboxylic acids is 1. The first-order valence-electron chi connectivity index (χ1n) is 7.36. The quantitative estimate of drug-likeness (QED) is 0.925. The monoisotopic (exact) mass is 315 g/mol. The van der Waals surface area contributed by atoms with Crippen LogP contribution in [0.25, 0.3) is 0 Å². The zero-order valence-electron chi connectivity index (χ0n) is 12.5. The fourth-order valence-electron chi connectivity index (χ4n) is 3.15. The van der Waals surface area contributed by atoms with Crippen LogP contribution in [-0.2, 0) is 10.2 Å². The van der Waals surface area contributed by atoms with Crippen molar-refractivity contribution in [1.82, 2.24) is 4.90 Å². The number of phenolic OH excluding ortho intramolecular Hbond substituents is 1. The van der Waals surface area contributed by atoms with E-state index in [1.807, 2.05) is 0 Å². The predicted molar refractivity (Wildman–Crippen MR) is 76.6 cm³/mol. The van der Waals surface area contributed by atoms with Gasteiger partial charge in [0.15, 0.2) is 0 Å². The highest BCUT2D eigenvalue weighted by Crippen LogP contribution is 2.41. The van der Waals surface area contributed by atoms with Gasteiger partial charge in [0, 0.05) is 20.0 Å². The molecule has 0 bridgehead atoms. The second-order valence-corrected chi connectivity index (χ2v) is 5.93. The van der Waals surface area contributed by atoms with E-state index in [-0.39, 0.29) is 18.1 Å². The zero-order valence-corrected chi connectivity index (χ0v) is 12.5. The van der Waals surface area contributed by atoms with Crippen molar-refractivity contribution >= 4 is 5.91 Å². The van der Waals surface area contributed by atoms with Crippen LogP contribution in [0.2, 0.25) is 0 Å². The summed E-state index contributed by atoms with van der Waals surface area (Å²) in [5, 5.41) is 9.66. The van der Waals surface area contributed by atoms with Gasteiger partial charge in [0.1, 0.15) is 5.75 Å². The first-order valence-corrected chi connectivity index (χ1v) is 7.36. The molecule has 1 fully saturated rings. The number of nitrogens with zero attached hydrogens (tertiary/aromatic N) is 1. The third-order valence-electron chi connectivity index (χ3n) is 4.34. The molecule has 3 nitrogen and oxygen atoms in total. The highest BCUT2D eigenvalue weighted by Gasteiger charge is 2.45. The molecule has 1 N–H and O–H groups in total. The SMILES string of the molecule is CN1CCCC[C@](CCC(F)(F)F)(c2cccc(O)c2)C1=O. The summed E-state index contributed by atoms with van der Waals surface area (Å²) in [7, 11) is 1.62. The van der Waals surface area contributed by atoms with Crippen molar-refractivity contribution in [3.63, 3.8) is 0 Å². The minimum Gasteiger partial charge on any atom is -0.508 e. The van der Waals surface area contributed by atoms with Crippen LogP contribution in [0, 0.1) is 0 Å². The average molecular weight is 315 g/mol. The van der Waals surface area contributed by atoms with Crippen molar-refractivity contribution in [3.8, 4) is 5.75 Å². The molecule has 0 radical (unpaired) electrons. The number of alkyl halides is 3. The van der Waals surface area contributed by atoms with Crippen LogP contribution in [0.15, 0.2) is 24.3 Å². The van der Waals surface area contributed by atoms with Gasteiger partial charge in [-0.2, -0.15) is 13.2 Å². The molecular weight excluding hydrogens is 295 g/mol. The Morgan fingerprint density at radius 1 is 1.32 bits per heavy atom. The van der Waals surface area contributed by atoms with Crippen LogP contribution in [0.1, 0.15) is 37.7 Å². The van der Waals surface area contributed by atoms with Gasteiger partial charge in [-0.3, -0.25) is 4.79 Å². The Morgan fingerprint density at radius 3 is 2.68 bits per heavy atom. The highest BCUT2D eigenvalue weighted by molar-refractivity contribution is 5.88. The van der Waals surface area contributed by atoms with Crippen molar-refractivity contribution in [2.45, 2.75) is 43.7 Å². The zero-order chi connectivity index (χ0) is 16.4. The second-order valence-electron chi connectivity index (χ2n) is 5.93. The number of hydrogen-bond donors (Lipinski definition) is 1. The molecule has 0 saturated carbocycles. The highest BCUT2D eigenvalue weighted by atomic mass is 19.4. The molecule has 2 rings (SSSR count). The summed E-state index contributed by atoms with van der Waals surface area (Å²) < 4.78 is 38.2. The van der Waals surface area contributed by atoms with Crippen LogP contribution < -0.4 is 0 Å². The number of likely N-dealkylation sites (N-methyl/N-ethyl adjacent to an activating group) is 1. The van der Waals surface area contributed by atoms with Crippen molar-refractivity contribution in [2.75, 3.05) is 13.6 Å². The van der Waals surface area contributed by atoms with Crippen LogP contribution in [0.5, 0.6) is 5.75 Å². The number of aromatic hydroxyl groups is 1. The Bertz CT molecular complexity index is 544. The molecule has 1 aromatic carbocycles. The van der Waals surface area contributed by atoms with Crippen LogP contribution in [0.3, 0.4) is 0 Å². The topological polar surface area (TPSA) is 40.5 Å². The van der Waals surface area contributed by atoms with E-state index >= 15 is 0 Å². The van der Waals surface area contributed by atoms with E-state index in [9.17, 15) is 23.1 Å². The smallest absolute Gasteiger partial charge is 0.389 e. The van der Waals surface area contributed by atoms with Crippen molar-refractivity contribution in [3.05, 3.63) is 29.8 Å². The van der Waals surface area contributed by atoms with Crippen LogP contribution >= 0.6 is 0 Å². The largest absolute Gasteiger partial charge is 0.508 e. The summed E-state index contributed by atoms with van der Waals surface area (Å²) >= 11 is 0. The number of hydrogen-bond acceptors (Lipinski definition) is 2. The third-order valence-corrected chi connectivity index (χ3v) is 4.34. The van der Waals surface area contributed by atoms with E-state index in [0.29, 0.717) is 24.9 Å². The molecule has 1 aliphatic rings. The van der Waals surface area contributed by atoms with Gasteiger partial charge in [-0.05, 0) is 37.0 Å². The average Bonchev–Trinajstić information content (AvgIpc) is 2.58. The number of likely N-dealkylation sites (tertiary alicyclic amines) is 1. The second kappa shape index (κ2) is 6.18. The molecular formula is C16H20F3NO2. The van der Waals surface area contributed by atoms with Crippen LogP contribution in [0.4, 0.5) is 13.2 Å². The molecule has 1 aliphatic heterocycles. The number of halogens is 3. The molecule has 1 heterocycles. The fourth-order valence-corrected chi connectivity index (χ4v) is 3.15. The number of carbonyl (C=O) groups is 1. The molecule has 0 aliphatic carbocycles. The van der Waals surface area contributed by atoms with Crippen molar-refractivity contribution in [1.29, 1.82) is 0 Å². The summed E-state index contributed by atoms with van der Waals surface area (Å²) in [6, 6.07) is 6.06. The van der Waals surface area contributed by atoms with Gasteiger partial charge in [-0.25, -0.2) is 0 Å². The lowest BCUT2D eigenvalue weighted by molar-refractivity contribution is -0.146. The molecule has 122 valence electrons. The molecule has 1 atom stereocenters. The Labute approximate surface area is 127 Å². The van der Waals surface area contributed by atoms with E-state index in [1.165, 1.54) is 17.0 Å². The fraction of sp³-hybridized carbons (Fsp3) is 0.562. The minimum atomic E-state index is -4.31. The number of amides is 1. The van der Waals surface area contributed by atoms with Gasteiger partial charge >= 0.3 is 6.18 Å². The van der Waals surface area contributed by atoms with E-state index < -0.39 is 18.0 Å². The third kappa shape index (κ3) is 3.54. The molecule has 0 unspecified atom stereocenters. The Hall–Kier alpha value is -1.72. The minimum absolute atomic E-state index is 0.0383. The van der Waals surface area contributed by atoms with E-state index in [0.717, 1.165) is 6.42 Å². The van der Waals surface area contributed by atoms with Gasteiger partial charge in [-0.15, -0.1) is 0 Å². The maximum atomic E-state index is 12.8. The van der Waals surface area contributed by atoms with Gasteiger partial charge in [0.2, 0.25) is 5.91 Å². The predicted octanol–water partition coefficient (Wildman–Crippen LogP) is 3.61. The maximum Gasteiger partial charge on any atom is 0.389 e. The number of phenols is 1. The summed E-state index contributed by atoms with van der Waals surface area (Å²) in [5.41, 5.74) is -0.741. The molecule has 1 amide bonds. The lowest BCUT2D eigenvalue weighted by Gasteiger charge is -2.34. The van der Waals surface area contributed by atoms with Gasteiger partial charge in [0.25, 0.3) is 0 Å². The lowest BCUT2D eigenvalue weighted by Crippen LogP contribution is -2.44. The summed E-state index contributed by atoms with van der Waals surface area (Å²) in [5.74, 6) is -0.330. The van der Waals surface area contributed by atoms with Gasteiger partial charge < -0.3 is 10.0 Å². The molecule has 1 saturated heterocycles. The first-order chi connectivity index (χ1) is 10.2.